The maximum atomic E-state index is 12.9. The molecule has 0 aliphatic carbocycles. The van der Waals surface area contributed by atoms with Gasteiger partial charge in [-0.05, 0) is 37.6 Å². The van der Waals surface area contributed by atoms with Crippen molar-refractivity contribution in [1.82, 2.24) is 15.0 Å². The number of carbonyl (C=O) groups excluding carboxylic acids is 1. The Labute approximate surface area is 152 Å². The first kappa shape index (κ1) is 17.7. The van der Waals surface area contributed by atoms with Crippen LogP contribution in [0.25, 0.3) is 0 Å². The highest BCUT2D eigenvalue weighted by Crippen LogP contribution is 2.23. The van der Waals surface area contributed by atoms with Gasteiger partial charge in [0, 0.05) is 26.0 Å². The Bertz CT molecular complexity index is 871. The average molecular weight is 351 g/mol. The van der Waals surface area contributed by atoms with Crippen LogP contribution in [-0.2, 0) is 13.2 Å². The average Bonchev–Trinajstić information content (AvgIpc) is 2.98. The molecular weight excluding hydrogens is 330 g/mol. The van der Waals surface area contributed by atoms with E-state index in [0.29, 0.717) is 24.5 Å². The summed E-state index contributed by atoms with van der Waals surface area (Å²) in [6, 6.07) is 11.0. The summed E-state index contributed by atoms with van der Waals surface area (Å²) in [6.45, 7) is 4.49. The van der Waals surface area contributed by atoms with Crippen molar-refractivity contribution in [3.63, 3.8) is 0 Å². The third kappa shape index (κ3) is 3.91. The van der Waals surface area contributed by atoms with Gasteiger partial charge in [-0.25, -0.2) is 0 Å². The molecule has 0 atom stereocenters. The molecule has 0 bridgehead atoms. The lowest BCUT2D eigenvalue weighted by Gasteiger charge is -2.19. The zero-order chi connectivity index (χ0) is 18.5. The van der Waals surface area contributed by atoms with Gasteiger partial charge in [0.15, 0.2) is 0 Å². The van der Waals surface area contributed by atoms with Crippen LogP contribution in [0.5, 0.6) is 5.75 Å². The van der Waals surface area contributed by atoms with Gasteiger partial charge in [-0.3, -0.25) is 9.78 Å². The van der Waals surface area contributed by atoms with Crippen molar-refractivity contribution in [3.8, 4) is 5.75 Å². The topological polar surface area (TPSA) is 68.5 Å². The smallest absolute Gasteiger partial charge is 0.257 e. The molecule has 134 valence electrons. The second-order valence-corrected chi connectivity index (χ2v) is 6.11. The number of benzene rings is 1. The van der Waals surface area contributed by atoms with Crippen molar-refractivity contribution in [3.05, 3.63) is 76.9 Å². The van der Waals surface area contributed by atoms with E-state index in [-0.39, 0.29) is 5.91 Å². The molecule has 0 saturated carbocycles. The van der Waals surface area contributed by atoms with Crippen molar-refractivity contribution >= 4 is 5.91 Å². The third-order valence-electron chi connectivity index (χ3n) is 4.16. The van der Waals surface area contributed by atoms with Crippen molar-refractivity contribution in [1.29, 1.82) is 0 Å². The highest BCUT2D eigenvalue weighted by atomic mass is 16.5. The van der Waals surface area contributed by atoms with E-state index < -0.39 is 0 Å². The van der Waals surface area contributed by atoms with Crippen LogP contribution in [0.15, 0.2) is 53.3 Å². The monoisotopic (exact) mass is 351 g/mol. The molecule has 3 rings (SSSR count). The molecule has 0 aliphatic heterocycles. The predicted octanol–water partition coefficient (Wildman–Crippen LogP) is 3.54. The van der Waals surface area contributed by atoms with Crippen LogP contribution < -0.4 is 4.74 Å². The molecule has 26 heavy (non-hydrogen) atoms. The molecule has 0 saturated heterocycles. The third-order valence-corrected chi connectivity index (χ3v) is 4.16. The van der Waals surface area contributed by atoms with Gasteiger partial charge in [0.25, 0.3) is 5.91 Å². The van der Waals surface area contributed by atoms with E-state index in [0.717, 1.165) is 22.6 Å². The maximum Gasteiger partial charge on any atom is 0.257 e. The Hall–Kier alpha value is -3.15. The minimum Gasteiger partial charge on any atom is -0.488 e. The van der Waals surface area contributed by atoms with Crippen molar-refractivity contribution in [2.75, 3.05) is 7.05 Å². The van der Waals surface area contributed by atoms with Crippen molar-refractivity contribution < 1.29 is 14.1 Å². The van der Waals surface area contributed by atoms with E-state index in [1.54, 1.807) is 36.5 Å². The first-order valence-corrected chi connectivity index (χ1v) is 8.34. The summed E-state index contributed by atoms with van der Waals surface area (Å²) in [7, 11) is 1.76. The minimum atomic E-state index is -0.108. The molecule has 0 radical (unpaired) electrons. The van der Waals surface area contributed by atoms with E-state index in [9.17, 15) is 4.79 Å². The van der Waals surface area contributed by atoms with Gasteiger partial charge < -0.3 is 14.2 Å². The van der Waals surface area contributed by atoms with Crippen LogP contribution in [0.4, 0.5) is 0 Å². The lowest BCUT2D eigenvalue weighted by Crippen LogP contribution is -2.26. The SMILES string of the molecule is Cc1noc(C)c1COc1ccccc1C(=O)N(C)Cc1cccnc1. The van der Waals surface area contributed by atoms with Gasteiger partial charge in [-0.1, -0.05) is 23.4 Å². The zero-order valence-corrected chi connectivity index (χ0v) is 15.1. The number of ether oxygens (including phenoxy) is 1. The van der Waals surface area contributed by atoms with Gasteiger partial charge >= 0.3 is 0 Å². The lowest BCUT2D eigenvalue weighted by molar-refractivity contribution is 0.0780. The van der Waals surface area contributed by atoms with E-state index in [2.05, 4.69) is 10.1 Å². The molecule has 2 heterocycles. The summed E-state index contributed by atoms with van der Waals surface area (Å²) < 4.78 is 11.1. The molecule has 3 aromatic rings. The maximum absolute atomic E-state index is 12.9. The zero-order valence-electron chi connectivity index (χ0n) is 15.1. The molecule has 0 N–H and O–H groups in total. The fourth-order valence-corrected chi connectivity index (χ4v) is 2.67. The fourth-order valence-electron chi connectivity index (χ4n) is 2.67. The molecule has 0 fully saturated rings. The number of hydrogen-bond donors (Lipinski definition) is 0. The van der Waals surface area contributed by atoms with Crippen LogP contribution in [0.3, 0.4) is 0 Å². The molecule has 0 unspecified atom stereocenters. The number of aryl methyl sites for hydroxylation is 2. The Morgan fingerprint density at radius 2 is 2.00 bits per heavy atom. The molecular formula is C20H21N3O3. The lowest BCUT2D eigenvalue weighted by atomic mass is 10.1. The molecule has 0 aliphatic rings. The van der Waals surface area contributed by atoms with E-state index in [4.69, 9.17) is 9.26 Å². The summed E-state index contributed by atoms with van der Waals surface area (Å²) in [5.74, 6) is 1.15. The van der Waals surface area contributed by atoms with E-state index >= 15 is 0 Å². The van der Waals surface area contributed by atoms with Crippen LogP contribution in [-0.4, -0.2) is 28.0 Å². The highest BCUT2D eigenvalue weighted by molar-refractivity contribution is 5.96. The Morgan fingerprint density at radius 3 is 2.69 bits per heavy atom. The molecule has 2 aromatic heterocycles. The van der Waals surface area contributed by atoms with E-state index in [1.165, 1.54) is 0 Å². The standard InChI is InChI=1S/C20H21N3O3/c1-14-18(15(2)26-22-14)13-25-19-9-5-4-8-17(19)20(24)23(3)12-16-7-6-10-21-11-16/h4-11H,12-13H2,1-3H3. The fraction of sp³-hybridized carbons (Fsp3) is 0.250. The number of pyridine rings is 1. The van der Waals surface area contributed by atoms with Gasteiger partial charge in [-0.2, -0.15) is 0 Å². The normalized spacial score (nSPS) is 10.6. The Morgan fingerprint density at radius 1 is 1.19 bits per heavy atom. The summed E-state index contributed by atoms with van der Waals surface area (Å²) in [5.41, 5.74) is 3.18. The van der Waals surface area contributed by atoms with Crippen LogP contribution in [0.1, 0.15) is 32.9 Å². The number of aromatic nitrogens is 2. The first-order chi connectivity index (χ1) is 12.6. The summed E-state index contributed by atoms with van der Waals surface area (Å²) in [6.07, 6.45) is 3.47. The molecule has 6 heteroatoms. The van der Waals surface area contributed by atoms with Crippen molar-refractivity contribution in [2.24, 2.45) is 0 Å². The summed E-state index contributed by atoms with van der Waals surface area (Å²) in [4.78, 5) is 18.6. The summed E-state index contributed by atoms with van der Waals surface area (Å²) >= 11 is 0. The molecule has 6 nitrogen and oxygen atoms in total. The largest absolute Gasteiger partial charge is 0.488 e. The number of amides is 1. The molecule has 1 aromatic carbocycles. The molecule has 0 spiro atoms. The number of carbonyl (C=O) groups is 1. The Balaban J connectivity index is 1.74. The Kier molecular flexibility index (Phi) is 5.31. The second-order valence-electron chi connectivity index (χ2n) is 6.11. The minimum absolute atomic E-state index is 0.108. The number of para-hydroxylation sites is 1. The second kappa shape index (κ2) is 7.82. The summed E-state index contributed by atoms with van der Waals surface area (Å²) in [5, 5.41) is 3.92. The van der Waals surface area contributed by atoms with E-state index in [1.807, 2.05) is 38.1 Å². The number of hydrogen-bond acceptors (Lipinski definition) is 5. The van der Waals surface area contributed by atoms with Gasteiger partial charge in [-0.15, -0.1) is 0 Å². The van der Waals surface area contributed by atoms with Crippen LogP contribution in [0.2, 0.25) is 0 Å². The molecule has 1 amide bonds. The van der Waals surface area contributed by atoms with Crippen LogP contribution >= 0.6 is 0 Å². The van der Waals surface area contributed by atoms with Gasteiger partial charge in [0.1, 0.15) is 18.1 Å². The number of nitrogens with zero attached hydrogens (tertiary/aromatic N) is 3. The first-order valence-electron chi connectivity index (χ1n) is 8.34. The predicted molar refractivity (Wildman–Crippen MR) is 96.8 cm³/mol. The van der Waals surface area contributed by atoms with Gasteiger partial charge in [0.2, 0.25) is 0 Å². The quantitative estimate of drug-likeness (QED) is 0.679. The van der Waals surface area contributed by atoms with Gasteiger partial charge in [0.05, 0.1) is 16.8 Å². The van der Waals surface area contributed by atoms with Crippen LogP contribution in [0, 0.1) is 13.8 Å². The highest BCUT2D eigenvalue weighted by Gasteiger charge is 2.18. The number of rotatable bonds is 6. The van der Waals surface area contributed by atoms with Crippen molar-refractivity contribution in [2.45, 2.75) is 27.0 Å².